The minimum atomic E-state index is -1.99. The highest BCUT2D eigenvalue weighted by molar-refractivity contribution is 8.13. The molecule has 2 aliphatic heterocycles. The number of amides is 1. The molecule has 0 saturated carbocycles. The van der Waals surface area contributed by atoms with Gasteiger partial charge in [-0.2, -0.15) is 0 Å². The summed E-state index contributed by atoms with van der Waals surface area (Å²) in [5, 5.41) is 3.28. The van der Waals surface area contributed by atoms with E-state index in [-0.39, 0.29) is 30.0 Å². The van der Waals surface area contributed by atoms with Crippen molar-refractivity contribution in [2.45, 2.75) is 25.1 Å². The summed E-state index contributed by atoms with van der Waals surface area (Å²) in [6.07, 6.45) is 2.09. The van der Waals surface area contributed by atoms with Crippen LogP contribution in [0.4, 0.5) is 19.1 Å². The summed E-state index contributed by atoms with van der Waals surface area (Å²) in [5.41, 5.74) is -2.25. The highest BCUT2D eigenvalue weighted by Gasteiger charge is 2.52. The molecule has 0 bridgehead atoms. The number of amidine groups is 1. The van der Waals surface area contributed by atoms with Crippen LogP contribution in [-0.2, 0) is 11.2 Å². The molecular formula is C25H23F3N6OS. The predicted octanol–water partition coefficient (Wildman–Crippen LogP) is 4.22. The Hall–Kier alpha value is -3.47. The largest absolute Gasteiger partial charge is 0.338 e. The Morgan fingerprint density at radius 1 is 1.14 bits per heavy atom. The lowest BCUT2D eigenvalue weighted by Gasteiger charge is -2.34. The van der Waals surface area contributed by atoms with E-state index in [1.54, 1.807) is 35.2 Å². The normalized spacial score (nSPS) is 21.6. The number of carbonyl (C=O) groups is 1. The van der Waals surface area contributed by atoms with E-state index in [1.165, 1.54) is 31.7 Å². The van der Waals surface area contributed by atoms with Gasteiger partial charge in [0.05, 0.1) is 24.6 Å². The Morgan fingerprint density at radius 2 is 1.92 bits per heavy atom. The number of anilines is 1. The smallest absolute Gasteiger partial charge is 0.257 e. The number of aliphatic imine (C=N–C) groups is 1. The molecule has 2 aliphatic rings. The summed E-state index contributed by atoms with van der Waals surface area (Å²) < 4.78 is 42.5. The lowest BCUT2D eigenvalue weighted by atomic mass is 9.85. The zero-order valence-corrected chi connectivity index (χ0v) is 20.4. The van der Waals surface area contributed by atoms with Gasteiger partial charge in [0.2, 0.25) is 5.95 Å². The number of rotatable bonds is 4. The van der Waals surface area contributed by atoms with Crippen LogP contribution < -0.4 is 10.2 Å². The molecule has 0 aliphatic carbocycles. The third-order valence-corrected chi connectivity index (χ3v) is 7.31. The highest BCUT2D eigenvalue weighted by Crippen LogP contribution is 2.46. The third kappa shape index (κ3) is 4.55. The Kier molecular flexibility index (Phi) is 6.19. The van der Waals surface area contributed by atoms with Gasteiger partial charge in [0.15, 0.2) is 11.0 Å². The van der Waals surface area contributed by atoms with Gasteiger partial charge in [-0.1, -0.05) is 30.0 Å². The Labute approximate surface area is 210 Å². The molecule has 1 N–H and O–H groups in total. The maximum atomic E-state index is 14.6. The first-order valence-electron chi connectivity index (χ1n) is 11.3. The molecule has 1 fully saturated rings. The van der Waals surface area contributed by atoms with Gasteiger partial charge >= 0.3 is 0 Å². The zero-order chi connectivity index (χ0) is 25.5. The second kappa shape index (κ2) is 9.20. The van der Waals surface area contributed by atoms with Crippen molar-refractivity contribution in [2.24, 2.45) is 10.9 Å². The van der Waals surface area contributed by atoms with E-state index in [0.717, 1.165) is 12.4 Å². The minimum absolute atomic E-state index is 0.103. The van der Waals surface area contributed by atoms with E-state index in [4.69, 9.17) is 4.99 Å². The lowest BCUT2D eigenvalue weighted by molar-refractivity contribution is 0.0977. The number of benzene rings is 1. The first-order valence-corrected chi connectivity index (χ1v) is 12.3. The van der Waals surface area contributed by atoms with Gasteiger partial charge in [0, 0.05) is 23.8 Å². The van der Waals surface area contributed by atoms with E-state index in [1.807, 2.05) is 6.07 Å². The molecule has 3 aromatic rings. The number of alkyl halides is 1. The average molecular weight is 513 g/mol. The van der Waals surface area contributed by atoms with E-state index in [0.29, 0.717) is 28.7 Å². The van der Waals surface area contributed by atoms with Crippen molar-refractivity contribution in [3.63, 3.8) is 0 Å². The van der Waals surface area contributed by atoms with E-state index < -0.39 is 22.8 Å². The van der Waals surface area contributed by atoms with Gasteiger partial charge < -0.3 is 10.2 Å². The summed E-state index contributed by atoms with van der Waals surface area (Å²) >= 11 is 1.39. The number of aromatic nitrogens is 3. The maximum Gasteiger partial charge on any atom is 0.257 e. The van der Waals surface area contributed by atoms with Gasteiger partial charge in [0.25, 0.3) is 5.91 Å². The van der Waals surface area contributed by atoms with E-state index in [2.05, 4.69) is 20.3 Å². The monoisotopic (exact) mass is 512 g/mol. The molecule has 2 aromatic heterocycles. The number of nitrogens with zero attached hydrogens (tertiary/aromatic N) is 5. The van der Waals surface area contributed by atoms with Gasteiger partial charge in [-0.25, -0.2) is 28.1 Å². The number of nitrogens with one attached hydrogen (secondary N) is 1. The van der Waals surface area contributed by atoms with Crippen molar-refractivity contribution in [3.05, 3.63) is 83.4 Å². The fraction of sp³-hybridized carbons (Fsp3) is 0.320. The SMILES string of the molecule is CC(C)(F)c1nc(N2C[C@H]3CSC(NC(=O)c4ccccc4)=N[C@@]3(c3ccc(F)cn3)C2)ncc1F. The van der Waals surface area contributed by atoms with Crippen LogP contribution in [0.2, 0.25) is 0 Å². The maximum absolute atomic E-state index is 14.6. The number of pyridine rings is 1. The van der Waals surface area contributed by atoms with Crippen LogP contribution in [0.15, 0.2) is 59.9 Å². The molecule has 1 aromatic carbocycles. The Balaban J connectivity index is 1.52. The number of halogens is 3. The molecular weight excluding hydrogens is 489 g/mol. The highest BCUT2D eigenvalue weighted by atomic mass is 32.2. The van der Waals surface area contributed by atoms with Crippen LogP contribution in [-0.4, -0.2) is 44.9 Å². The molecule has 11 heteroatoms. The summed E-state index contributed by atoms with van der Waals surface area (Å²) in [5.74, 6) is -0.959. The van der Waals surface area contributed by atoms with Crippen LogP contribution in [0.25, 0.3) is 0 Å². The van der Waals surface area contributed by atoms with Crippen molar-refractivity contribution in [2.75, 3.05) is 23.7 Å². The fourth-order valence-corrected chi connectivity index (χ4v) is 5.63. The van der Waals surface area contributed by atoms with E-state index >= 15 is 0 Å². The summed E-state index contributed by atoms with van der Waals surface area (Å²) in [4.78, 5) is 32.1. The number of hydrogen-bond acceptors (Lipinski definition) is 7. The van der Waals surface area contributed by atoms with E-state index in [9.17, 15) is 18.0 Å². The number of fused-ring (bicyclic) bond motifs is 1. The van der Waals surface area contributed by atoms with Crippen molar-refractivity contribution in [1.29, 1.82) is 0 Å². The molecule has 186 valence electrons. The standard InChI is InChI=1S/C25H23F3N6OS/c1-24(2,28)20-18(27)11-30-22(31-20)34-12-16-13-36-23(32-21(35)15-6-4-3-5-7-15)33-25(16,14-34)19-9-8-17(26)10-29-19/h3-11,16H,12-14H2,1-2H3,(H,32,33,35)/t16-,25-/m0/s1. The third-order valence-electron chi connectivity index (χ3n) is 6.28. The van der Waals surface area contributed by atoms with Gasteiger partial charge in [-0.3, -0.25) is 9.78 Å². The molecule has 36 heavy (non-hydrogen) atoms. The van der Waals surface area contributed by atoms with Gasteiger partial charge in [0.1, 0.15) is 22.7 Å². The molecule has 7 nitrogen and oxygen atoms in total. The Bertz CT molecular complexity index is 1320. The molecule has 4 heterocycles. The fourth-order valence-electron chi connectivity index (χ4n) is 4.49. The van der Waals surface area contributed by atoms with Crippen LogP contribution in [0, 0.1) is 17.6 Å². The summed E-state index contributed by atoms with van der Waals surface area (Å²) in [7, 11) is 0. The van der Waals surface area contributed by atoms with Crippen LogP contribution in [0.3, 0.4) is 0 Å². The zero-order valence-electron chi connectivity index (χ0n) is 19.6. The molecule has 5 rings (SSSR count). The van der Waals surface area contributed by atoms with Crippen molar-refractivity contribution in [1.82, 2.24) is 20.3 Å². The molecule has 1 saturated heterocycles. The van der Waals surface area contributed by atoms with Crippen LogP contribution in [0.5, 0.6) is 0 Å². The van der Waals surface area contributed by atoms with Crippen LogP contribution in [0.1, 0.15) is 35.6 Å². The van der Waals surface area contributed by atoms with Crippen LogP contribution >= 0.6 is 11.8 Å². The predicted molar refractivity (Wildman–Crippen MR) is 132 cm³/mol. The second-order valence-electron chi connectivity index (χ2n) is 9.25. The quantitative estimate of drug-likeness (QED) is 0.564. The van der Waals surface area contributed by atoms with Crippen molar-refractivity contribution >= 4 is 28.8 Å². The minimum Gasteiger partial charge on any atom is -0.338 e. The van der Waals surface area contributed by atoms with Gasteiger partial charge in [-0.15, -0.1) is 0 Å². The molecule has 0 spiro atoms. The van der Waals surface area contributed by atoms with Crippen molar-refractivity contribution < 1.29 is 18.0 Å². The molecule has 2 atom stereocenters. The first-order chi connectivity index (χ1) is 17.2. The van der Waals surface area contributed by atoms with Crippen molar-refractivity contribution in [3.8, 4) is 0 Å². The average Bonchev–Trinajstić information content (AvgIpc) is 3.24. The number of hydrogen-bond donors (Lipinski definition) is 1. The summed E-state index contributed by atoms with van der Waals surface area (Å²) in [6, 6.07) is 11.7. The first kappa shape index (κ1) is 24.2. The second-order valence-corrected chi connectivity index (χ2v) is 10.3. The number of carbonyl (C=O) groups excluding carboxylic acids is 1. The molecule has 0 radical (unpaired) electrons. The topological polar surface area (TPSA) is 83.4 Å². The van der Waals surface area contributed by atoms with Gasteiger partial charge in [-0.05, 0) is 38.1 Å². The Morgan fingerprint density at radius 3 is 2.61 bits per heavy atom. The number of thioether (sulfide) groups is 1. The molecule has 1 amide bonds. The lowest BCUT2D eigenvalue weighted by Crippen LogP contribution is -2.43. The molecule has 0 unspecified atom stereocenters. The summed E-state index contributed by atoms with van der Waals surface area (Å²) in [6.45, 7) is 3.14.